The first kappa shape index (κ1) is 28.7. The van der Waals surface area contributed by atoms with Crippen LogP contribution in [-0.2, 0) is 16.1 Å². The molecule has 4 aromatic rings. The predicted molar refractivity (Wildman–Crippen MR) is 158 cm³/mol. The Morgan fingerprint density at radius 3 is 2.50 bits per heavy atom. The van der Waals surface area contributed by atoms with Crippen LogP contribution in [0, 0.1) is 0 Å². The van der Waals surface area contributed by atoms with Crippen LogP contribution in [0.15, 0.2) is 54.9 Å². The Bertz CT molecular complexity index is 1570. The largest absolute Gasteiger partial charge is 0.495 e. The van der Waals surface area contributed by atoms with Gasteiger partial charge in [-0.2, -0.15) is 5.10 Å². The molecule has 1 fully saturated rings. The van der Waals surface area contributed by atoms with E-state index < -0.39 is 11.7 Å². The number of likely N-dealkylation sites (tertiary alicyclic amines) is 1. The Labute approximate surface area is 243 Å². The summed E-state index contributed by atoms with van der Waals surface area (Å²) in [4.78, 5) is 35.5. The lowest BCUT2D eigenvalue weighted by atomic mass is 10.1. The number of amides is 2. The van der Waals surface area contributed by atoms with Crippen LogP contribution >= 0.6 is 0 Å². The number of hydrogen-bond acceptors (Lipinski definition) is 9. The number of nitrogens with one attached hydrogen (secondary N) is 1. The first-order valence-electron chi connectivity index (χ1n) is 13.8. The number of piperidine rings is 1. The van der Waals surface area contributed by atoms with Gasteiger partial charge in [0.1, 0.15) is 35.8 Å². The zero-order valence-corrected chi connectivity index (χ0v) is 24.2. The van der Waals surface area contributed by atoms with Crippen LogP contribution in [0.2, 0.25) is 0 Å². The molecule has 0 aliphatic carbocycles. The molecule has 0 atom stereocenters. The monoisotopic (exact) mass is 573 g/mol. The van der Waals surface area contributed by atoms with Crippen molar-refractivity contribution < 1.29 is 23.8 Å². The molecule has 0 unspecified atom stereocenters. The molecule has 0 radical (unpaired) electrons. The van der Waals surface area contributed by atoms with Crippen molar-refractivity contribution in [2.75, 3.05) is 31.2 Å². The van der Waals surface area contributed by atoms with E-state index in [-0.39, 0.29) is 18.7 Å². The number of anilines is 2. The SMILES string of the molecule is COc1cc(-c2nn(C3CCN(C(=O)OCc4ccccc4)CC3)c3ncnc(N)c23)ccc1NC(=O)OC(C)(C)C. The molecule has 0 saturated carbocycles. The highest BCUT2D eigenvalue weighted by Crippen LogP contribution is 2.37. The maximum atomic E-state index is 12.7. The molecule has 2 amide bonds. The number of ether oxygens (including phenoxy) is 3. The summed E-state index contributed by atoms with van der Waals surface area (Å²) in [6.07, 6.45) is 1.84. The van der Waals surface area contributed by atoms with E-state index in [4.69, 9.17) is 25.0 Å². The van der Waals surface area contributed by atoms with Crippen LogP contribution in [0.5, 0.6) is 5.75 Å². The minimum Gasteiger partial charge on any atom is -0.495 e. The summed E-state index contributed by atoms with van der Waals surface area (Å²) in [7, 11) is 1.52. The molecule has 3 heterocycles. The number of nitrogens with zero attached hydrogens (tertiary/aromatic N) is 5. The number of carbonyl (C=O) groups excluding carboxylic acids is 2. The zero-order valence-electron chi connectivity index (χ0n) is 24.2. The fourth-order valence-electron chi connectivity index (χ4n) is 4.91. The van der Waals surface area contributed by atoms with Gasteiger partial charge in [0.2, 0.25) is 0 Å². The maximum absolute atomic E-state index is 12.7. The smallest absolute Gasteiger partial charge is 0.412 e. The summed E-state index contributed by atoms with van der Waals surface area (Å²) in [6.45, 7) is 6.66. The number of fused-ring (bicyclic) bond motifs is 1. The Morgan fingerprint density at radius 2 is 1.81 bits per heavy atom. The van der Waals surface area contributed by atoms with E-state index in [1.807, 2.05) is 41.1 Å². The fourth-order valence-corrected chi connectivity index (χ4v) is 4.91. The van der Waals surface area contributed by atoms with E-state index in [0.717, 1.165) is 5.56 Å². The molecule has 0 spiro atoms. The average molecular weight is 574 g/mol. The number of aromatic nitrogens is 4. The molecule has 0 bridgehead atoms. The topological polar surface area (TPSA) is 147 Å². The molecule has 220 valence electrons. The first-order chi connectivity index (χ1) is 20.1. The van der Waals surface area contributed by atoms with Gasteiger partial charge in [-0.1, -0.05) is 36.4 Å². The van der Waals surface area contributed by atoms with Gasteiger partial charge in [-0.3, -0.25) is 5.32 Å². The van der Waals surface area contributed by atoms with Gasteiger partial charge >= 0.3 is 12.2 Å². The van der Waals surface area contributed by atoms with Crippen LogP contribution in [-0.4, -0.2) is 62.6 Å². The van der Waals surface area contributed by atoms with E-state index in [0.29, 0.717) is 65.5 Å². The van der Waals surface area contributed by atoms with Crippen molar-refractivity contribution in [3.8, 4) is 17.0 Å². The number of nitrogens with two attached hydrogens (primary N) is 1. The molecule has 12 heteroatoms. The van der Waals surface area contributed by atoms with E-state index in [2.05, 4.69) is 15.3 Å². The summed E-state index contributed by atoms with van der Waals surface area (Å²) >= 11 is 0. The summed E-state index contributed by atoms with van der Waals surface area (Å²) < 4.78 is 18.3. The quantitative estimate of drug-likeness (QED) is 0.309. The summed E-state index contributed by atoms with van der Waals surface area (Å²) in [5.74, 6) is 0.733. The zero-order chi connectivity index (χ0) is 29.9. The first-order valence-corrected chi connectivity index (χ1v) is 13.8. The number of methoxy groups -OCH3 is 1. The van der Waals surface area contributed by atoms with Crippen molar-refractivity contribution >= 4 is 34.7 Å². The highest BCUT2D eigenvalue weighted by atomic mass is 16.6. The minimum absolute atomic E-state index is 0.0104. The summed E-state index contributed by atoms with van der Waals surface area (Å²) in [5.41, 5.74) is 9.00. The Hall–Kier alpha value is -4.87. The lowest BCUT2D eigenvalue weighted by Gasteiger charge is -2.31. The van der Waals surface area contributed by atoms with Gasteiger partial charge in [0.25, 0.3) is 0 Å². The van der Waals surface area contributed by atoms with Gasteiger partial charge in [0.05, 0.1) is 24.2 Å². The molecule has 2 aromatic heterocycles. The third kappa shape index (κ3) is 6.37. The molecule has 12 nitrogen and oxygen atoms in total. The molecular formula is C30H35N7O5. The second-order valence-corrected chi connectivity index (χ2v) is 11.1. The number of carbonyl (C=O) groups is 2. The summed E-state index contributed by atoms with van der Waals surface area (Å²) in [5, 5.41) is 8.29. The number of rotatable bonds is 6. The second-order valence-electron chi connectivity index (χ2n) is 11.1. The summed E-state index contributed by atoms with van der Waals surface area (Å²) in [6, 6.07) is 14.9. The second kappa shape index (κ2) is 11.9. The molecule has 1 aliphatic heterocycles. The molecule has 1 aliphatic rings. The van der Waals surface area contributed by atoms with Crippen molar-refractivity contribution in [2.24, 2.45) is 0 Å². The molecule has 1 saturated heterocycles. The molecule has 5 rings (SSSR count). The van der Waals surface area contributed by atoms with Crippen molar-refractivity contribution in [3.63, 3.8) is 0 Å². The standard InChI is InChI=1S/C30H35N7O5/c1-30(2,3)42-28(38)34-22-11-10-20(16-23(22)40-4)25-24-26(31)32-18-33-27(24)37(35-25)21-12-14-36(15-13-21)29(39)41-17-19-8-6-5-7-9-19/h5-11,16,18,21H,12-15,17H2,1-4H3,(H,34,38)(H2,31,32,33). The lowest BCUT2D eigenvalue weighted by molar-refractivity contribution is 0.0635. The minimum atomic E-state index is -0.640. The van der Waals surface area contributed by atoms with Crippen molar-refractivity contribution in [1.82, 2.24) is 24.6 Å². The van der Waals surface area contributed by atoms with E-state index in [9.17, 15) is 9.59 Å². The van der Waals surface area contributed by atoms with Gasteiger partial charge in [0, 0.05) is 18.7 Å². The van der Waals surface area contributed by atoms with Gasteiger partial charge in [-0.05, 0) is 51.3 Å². The molecule has 42 heavy (non-hydrogen) atoms. The molecule has 2 aromatic carbocycles. The van der Waals surface area contributed by atoms with Crippen molar-refractivity contribution in [1.29, 1.82) is 0 Å². The van der Waals surface area contributed by atoms with Crippen LogP contribution in [0.1, 0.15) is 45.2 Å². The molecular weight excluding hydrogens is 538 g/mol. The highest BCUT2D eigenvalue weighted by molar-refractivity contribution is 5.99. The highest BCUT2D eigenvalue weighted by Gasteiger charge is 2.29. The average Bonchev–Trinajstić information content (AvgIpc) is 3.37. The lowest BCUT2D eigenvalue weighted by Crippen LogP contribution is -2.39. The fraction of sp³-hybridized carbons (Fsp3) is 0.367. The van der Waals surface area contributed by atoms with Crippen LogP contribution in [0.25, 0.3) is 22.3 Å². The van der Waals surface area contributed by atoms with Crippen LogP contribution in [0.3, 0.4) is 0 Å². The maximum Gasteiger partial charge on any atom is 0.412 e. The van der Waals surface area contributed by atoms with Crippen LogP contribution in [0.4, 0.5) is 21.1 Å². The van der Waals surface area contributed by atoms with Crippen LogP contribution < -0.4 is 15.8 Å². The van der Waals surface area contributed by atoms with E-state index in [1.165, 1.54) is 13.4 Å². The Kier molecular flexibility index (Phi) is 8.14. The van der Waals surface area contributed by atoms with Crippen molar-refractivity contribution in [3.05, 3.63) is 60.4 Å². The van der Waals surface area contributed by atoms with E-state index in [1.54, 1.807) is 37.8 Å². The number of nitrogen functional groups attached to an aromatic ring is 1. The third-order valence-corrected chi connectivity index (χ3v) is 6.90. The Morgan fingerprint density at radius 1 is 1.07 bits per heavy atom. The normalized spacial score (nSPS) is 14.0. The predicted octanol–water partition coefficient (Wildman–Crippen LogP) is 5.40. The van der Waals surface area contributed by atoms with E-state index >= 15 is 0 Å². The third-order valence-electron chi connectivity index (χ3n) is 6.90. The van der Waals surface area contributed by atoms with Gasteiger partial charge in [-0.25, -0.2) is 24.2 Å². The van der Waals surface area contributed by atoms with Gasteiger partial charge in [0.15, 0.2) is 5.65 Å². The Balaban J connectivity index is 1.35. The van der Waals surface area contributed by atoms with Gasteiger partial charge in [-0.15, -0.1) is 0 Å². The number of hydrogen-bond donors (Lipinski definition) is 2. The van der Waals surface area contributed by atoms with Gasteiger partial charge < -0.3 is 24.8 Å². The van der Waals surface area contributed by atoms with Crippen molar-refractivity contribution in [2.45, 2.75) is 51.9 Å². The molecule has 3 N–H and O–H groups in total. The number of benzene rings is 2.